The van der Waals surface area contributed by atoms with Crippen LogP contribution in [-0.4, -0.2) is 100 Å². The maximum Gasteiger partial charge on any atom is 0.305 e. The van der Waals surface area contributed by atoms with Crippen LogP contribution >= 0.6 is 0 Å². The number of unbranched alkanes of at least 4 members (excludes halogenated alkanes) is 32. The number of allylic oxidation sites excluding steroid dienone is 5. The van der Waals surface area contributed by atoms with Crippen molar-refractivity contribution in [2.24, 2.45) is 0 Å². The van der Waals surface area contributed by atoms with E-state index in [1.807, 2.05) is 6.08 Å². The molecule has 11 nitrogen and oxygen atoms in total. The smallest absolute Gasteiger partial charge is 0.305 e. The minimum atomic E-state index is -1.58. The third-order valence-electron chi connectivity index (χ3n) is 13.7. The second-order valence-electron chi connectivity index (χ2n) is 20.3. The van der Waals surface area contributed by atoms with Crippen LogP contribution < -0.4 is 5.32 Å². The van der Waals surface area contributed by atoms with Crippen LogP contribution in [0.3, 0.4) is 0 Å². The minimum absolute atomic E-state index is 0.0131. The molecule has 0 aliphatic carbocycles. The van der Waals surface area contributed by atoms with E-state index in [4.69, 9.17) is 14.2 Å². The molecule has 70 heavy (non-hydrogen) atoms. The molecule has 7 unspecified atom stereocenters. The molecule has 1 amide bonds. The molecule has 11 heteroatoms. The lowest BCUT2D eigenvalue weighted by Crippen LogP contribution is -2.60. The van der Waals surface area contributed by atoms with Crippen molar-refractivity contribution < 1.29 is 49.3 Å². The van der Waals surface area contributed by atoms with Crippen LogP contribution in [0.4, 0.5) is 0 Å². The van der Waals surface area contributed by atoms with Crippen LogP contribution in [0.25, 0.3) is 0 Å². The second kappa shape index (κ2) is 49.1. The molecular formula is C59H109NO10. The summed E-state index contributed by atoms with van der Waals surface area (Å²) in [5.41, 5.74) is 0. The van der Waals surface area contributed by atoms with E-state index < -0.39 is 49.5 Å². The zero-order valence-corrected chi connectivity index (χ0v) is 45.0. The summed E-state index contributed by atoms with van der Waals surface area (Å²) in [7, 11) is 0. The van der Waals surface area contributed by atoms with Crippen LogP contribution in [0.1, 0.15) is 264 Å². The van der Waals surface area contributed by atoms with Crippen molar-refractivity contribution >= 4 is 11.9 Å². The first-order valence-corrected chi connectivity index (χ1v) is 29.3. The van der Waals surface area contributed by atoms with E-state index in [0.717, 1.165) is 83.5 Å². The van der Waals surface area contributed by atoms with Crippen molar-refractivity contribution in [1.29, 1.82) is 0 Å². The highest BCUT2D eigenvalue weighted by molar-refractivity contribution is 5.76. The van der Waals surface area contributed by atoms with Crippen molar-refractivity contribution in [2.75, 3.05) is 19.8 Å². The monoisotopic (exact) mass is 992 g/mol. The Morgan fingerprint density at radius 2 is 0.929 bits per heavy atom. The molecule has 1 saturated heterocycles. The van der Waals surface area contributed by atoms with Crippen molar-refractivity contribution in [3.63, 3.8) is 0 Å². The highest BCUT2D eigenvalue weighted by Crippen LogP contribution is 2.23. The number of rotatable bonds is 50. The first-order chi connectivity index (χ1) is 34.2. The van der Waals surface area contributed by atoms with Crippen LogP contribution in [0.2, 0.25) is 0 Å². The van der Waals surface area contributed by atoms with Crippen molar-refractivity contribution in [3.05, 3.63) is 36.5 Å². The highest BCUT2D eigenvalue weighted by Gasteiger charge is 2.44. The number of nitrogens with one attached hydrogen (secondary N) is 1. The molecule has 6 N–H and O–H groups in total. The topological polar surface area (TPSA) is 175 Å². The van der Waals surface area contributed by atoms with E-state index in [1.165, 1.54) is 154 Å². The van der Waals surface area contributed by atoms with Crippen LogP contribution in [0.15, 0.2) is 36.5 Å². The standard InChI is InChI=1S/C59H109NO10/c1-3-5-7-9-11-13-15-16-22-26-29-33-37-41-45-52(62)51(50-69-59-58(67)57(66)56(65)53(49-61)70-59)60-54(63)46-42-38-34-30-27-23-20-18-17-19-21-24-28-32-36-40-44-48-68-55(64)47-43-39-35-31-25-14-12-10-8-6-4-2/h13,15,26,29,41,45,51-53,56-59,61-62,65-67H,3-12,14,16-25,27-28,30-40,42-44,46-50H2,1-2H3,(H,60,63)/b15-13+,29-26+,45-41+. The Morgan fingerprint density at radius 3 is 1.41 bits per heavy atom. The largest absolute Gasteiger partial charge is 0.466 e. The van der Waals surface area contributed by atoms with Gasteiger partial charge in [0.1, 0.15) is 24.4 Å². The van der Waals surface area contributed by atoms with Crippen molar-refractivity contribution in [1.82, 2.24) is 5.32 Å². The summed E-state index contributed by atoms with van der Waals surface area (Å²) in [6.45, 7) is 4.28. The van der Waals surface area contributed by atoms with Crippen LogP contribution in [0, 0.1) is 0 Å². The lowest BCUT2D eigenvalue weighted by atomic mass is 9.99. The number of carbonyl (C=O) groups is 2. The number of esters is 1. The average molecular weight is 993 g/mol. The summed E-state index contributed by atoms with van der Waals surface area (Å²) in [6, 6.07) is -0.838. The zero-order valence-electron chi connectivity index (χ0n) is 45.0. The number of hydrogen-bond donors (Lipinski definition) is 6. The molecule has 0 aromatic carbocycles. The molecule has 0 bridgehead atoms. The Labute approximate surface area is 428 Å². The minimum Gasteiger partial charge on any atom is -0.466 e. The van der Waals surface area contributed by atoms with Gasteiger partial charge >= 0.3 is 5.97 Å². The average Bonchev–Trinajstić information content (AvgIpc) is 3.36. The molecule has 0 spiro atoms. The summed E-state index contributed by atoms with van der Waals surface area (Å²) in [6.07, 6.45) is 49.4. The van der Waals surface area contributed by atoms with Gasteiger partial charge in [-0.15, -0.1) is 0 Å². The second-order valence-corrected chi connectivity index (χ2v) is 20.3. The fourth-order valence-corrected chi connectivity index (χ4v) is 9.05. The van der Waals surface area contributed by atoms with Gasteiger partial charge in [-0.25, -0.2) is 0 Å². The van der Waals surface area contributed by atoms with Crippen molar-refractivity contribution in [2.45, 2.75) is 307 Å². The maximum absolute atomic E-state index is 13.0. The Hall–Kier alpha value is -2.12. The molecule has 1 aliphatic rings. The molecule has 1 heterocycles. The molecule has 0 aromatic rings. The molecule has 0 aromatic heterocycles. The van der Waals surface area contributed by atoms with E-state index in [2.05, 4.69) is 43.5 Å². The number of carbonyl (C=O) groups excluding carboxylic acids is 2. The maximum atomic E-state index is 13.0. The first-order valence-electron chi connectivity index (χ1n) is 29.3. The number of aliphatic hydroxyl groups excluding tert-OH is 5. The fraction of sp³-hybridized carbons (Fsp3) is 0.864. The van der Waals surface area contributed by atoms with Gasteiger partial charge in [0.05, 0.1) is 32.0 Å². The number of amides is 1. The molecule has 0 radical (unpaired) electrons. The van der Waals surface area contributed by atoms with Gasteiger partial charge in [0.25, 0.3) is 0 Å². The molecule has 7 atom stereocenters. The summed E-state index contributed by atoms with van der Waals surface area (Å²) in [4.78, 5) is 25.1. The van der Waals surface area contributed by atoms with E-state index in [-0.39, 0.29) is 18.5 Å². The quantitative estimate of drug-likeness (QED) is 0.0195. The Kier molecular flexibility index (Phi) is 46.2. The van der Waals surface area contributed by atoms with Gasteiger partial charge in [-0.05, 0) is 57.8 Å². The number of ether oxygens (including phenoxy) is 3. The molecule has 410 valence electrons. The molecule has 1 fully saturated rings. The lowest BCUT2D eigenvalue weighted by Gasteiger charge is -2.40. The van der Waals surface area contributed by atoms with Crippen LogP contribution in [-0.2, 0) is 23.8 Å². The van der Waals surface area contributed by atoms with Gasteiger partial charge in [0, 0.05) is 12.8 Å². The first kappa shape index (κ1) is 65.9. The Morgan fingerprint density at radius 1 is 0.514 bits per heavy atom. The summed E-state index contributed by atoms with van der Waals surface area (Å²) in [5.74, 6) is -0.215. The van der Waals surface area contributed by atoms with E-state index in [0.29, 0.717) is 19.4 Å². The summed E-state index contributed by atoms with van der Waals surface area (Å²) >= 11 is 0. The molecule has 0 saturated carbocycles. The number of hydrogen-bond acceptors (Lipinski definition) is 10. The highest BCUT2D eigenvalue weighted by atomic mass is 16.7. The summed E-state index contributed by atoms with van der Waals surface area (Å²) < 4.78 is 16.7. The number of aliphatic hydroxyl groups is 5. The Bertz CT molecular complexity index is 1260. The fourth-order valence-electron chi connectivity index (χ4n) is 9.05. The summed E-state index contributed by atoms with van der Waals surface area (Å²) in [5, 5.41) is 54.3. The van der Waals surface area contributed by atoms with Gasteiger partial charge in [-0.2, -0.15) is 0 Å². The third-order valence-corrected chi connectivity index (χ3v) is 13.7. The van der Waals surface area contributed by atoms with Gasteiger partial charge in [-0.3, -0.25) is 9.59 Å². The van der Waals surface area contributed by atoms with Crippen molar-refractivity contribution in [3.8, 4) is 0 Å². The molecular weight excluding hydrogens is 883 g/mol. The van der Waals surface area contributed by atoms with Gasteiger partial charge in [-0.1, -0.05) is 230 Å². The third kappa shape index (κ3) is 38.5. The zero-order chi connectivity index (χ0) is 51.0. The molecule has 1 aliphatic heterocycles. The van der Waals surface area contributed by atoms with Crippen LogP contribution in [0.5, 0.6) is 0 Å². The van der Waals surface area contributed by atoms with Gasteiger partial charge in [0.15, 0.2) is 6.29 Å². The van der Waals surface area contributed by atoms with Gasteiger partial charge in [0.2, 0.25) is 5.91 Å². The Balaban J connectivity index is 2.14. The van der Waals surface area contributed by atoms with E-state index in [1.54, 1.807) is 6.08 Å². The predicted octanol–water partition coefficient (Wildman–Crippen LogP) is 13.1. The predicted molar refractivity (Wildman–Crippen MR) is 287 cm³/mol. The normalized spacial score (nSPS) is 19.4. The van der Waals surface area contributed by atoms with E-state index in [9.17, 15) is 35.1 Å². The van der Waals surface area contributed by atoms with Gasteiger partial charge < -0.3 is 45.1 Å². The SMILES string of the molecule is CCCCCC/C=C/CC/C=C/CC/C=C/C(O)C(COC1OC(CO)C(O)C(O)C1O)NC(=O)CCCCCCCCCCCCCCCCCCCOC(=O)CCCCCCCCCCCCC. The lowest BCUT2D eigenvalue weighted by molar-refractivity contribution is -0.302. The molecule has 1 rings (SSSR count). The van der Waals surface area contributed by atoms with E-state index >= 15 is 0 Å².